The van der Waals surface area contributed by atoms with E-state index in [-0.39, 0.29) is 6.08 Å². The van der Waals surface area contributed by atoms with E-state index in [1.54, 1.807) is 0 Å². The third-order valence-electron chi connectivity index (χ3n) is 2.65. The van der Waals surface area contributed by atoms with Crippen molar-refractivity contribution in [2.24, 2.45) is 0 Å². The van der Waals surface area contributed by atoms with Crippen LogP contribution in [0.1, 0.15) is 13.3 Å². The maximum atomic E-state index is 11.8. The predicted octanol–water partition coefficient (Wildman–Crippen LogP) is 3.81. The lowest BCUT2D eigenvalue weighted by Gasteiger charge is -2.31. The highest BCUT2D eigenvalue weighted by atomic mass is 19.4. The van der Waals surface area contributed by atoms with Crippen LogP contribution in [0.15, 0.2) is 24.8 Å². The minimum Gasteiger partial charge on any atom is -0.373 e. The molecule has 2 N–H and O–H groups in total. The Bertz CT molecular complexity index is 483. The molecule has 0 aromatic heterocycles. The van der Waals surface area contributed by atoms with Crippen molar-refractivity contribution in [2.75, 3.05) is 0 Å². The normalized spacial score (nSPS) is 14.3. The fourth-order valence-electron chi connectivity index (χ4n) is 1.19. The lowest BCUT2D eigenvalue weighted by Crippen LogP contribution is -2.56. The highest BCUT2D eigenvalue weighted by Gasteiger charge is 2.70. The largest absolute Gasteiger partial charge is 0.429 e. The van der Waals surface area contributed by atoms with Gasteiger partial charge in [-0.05, 0) is 14.3 Å². The zero-order chi connectivity index (χ0) is 24.5. The summed E-state index contributed by atoms with van der Waals surface area (Å²) < 4.78 is 147. The number of rotatable bonds is 3. The SMILES string of the molecule is C/C=C/C(O)(C(F)(F)F)C(F)(F)F.C=CCC(O)(C(F)(F)F)C(F)(F)F.[3H][B][B]. The molecule has 0 saturated heterocycles. The molecule has 0 atom stereocenters. The molecular weight excluding hydrogens is 426 g/mol. The fraction of sp³-hybridized carbons (Fsp3) is 0.667. The molecule has 0 aliphatic carbocycles. The number of allylic oxidation sites excluding steroid dienone is 1. The first kappa shape index (κ1) is 28.9. The summed E-state index contributed by atoms with van der Waals surface area (Å²) in [6.07, 6.45) is -24.1. The number of hydrogen-bond donors (Lipinski definition) is 2. The third kappa shape index (κ3) is 7.60. The Labute approximate surface area is 155 Å². The molecule has 0 spiro atoms. The Kier molecular flexibility index (Phi) is 10.8. The molecule has 0 aromatic carbocycles. The summed E-state index contributed by atoms with van der Waals surface area (Å²) in [6.45, 7) is 3.66. The average molecular weight is 441 g/mol. The number of hydrogen-bond acceptors (Lipinski definition) is 2. The highest BCUT2D eigenvalue weighted by molar-refractivity contribution is 6.75. The van der Waals surface area contributed by atoms with Crippen molar-refractivity contribution in [1.82, 2.24) is 0 Å². The van der Waals surface area contributed by atoms with Crippen molar-refractivity contribution in [3.05, 3.63) is 24.8 Å². The van der Waals surface area contributed by atoms with Crippen LogP contribution in [0.2, 0.25) is 0 Å². The molecule has 0 amide bonds. The van der Waals surface area contributed by atoms with Gasteiger partial charge in [0.2, 0.25) is 0 Å². The quantitative estimate of drug-likeness (QED) is 0.398. The molecule has 3 radical (unpaired) electrons. The van der Waals surface area contributed by atoms with Crippen LogP contribution >= 0.6 is 0 Å². The Balaban J connectivity index is -0.000000410. The Morgan fingerprint density at radius 1 is 0.857 bits per heavy atom. The van der Waals surface area contributed by atoms with Crippen molar-refractivity contribution < 1.29 is 62.9 Å². The van der Waals surface area contributed by atoms with E-state index in [2.05, 4.69) is 14.3 Å². The highest BCUT2D eigenvalue weighted by Crippen LogP contribution is 2.45. The molecule has 0 aliphatic rings. The van der Waals surface area contributed by atoms with Crippen LogP contribution in [0.25, 0.3) is 0 Å². The van der Waals surface area contributed by atoms with E-state index in [1.807, 2.05) is 0 Å². The van der Waals surface area contributed by atoms with Crippen LogP contribution in [0, 0.1) is 0 Å². The van der Waals surface area contributed by atoms with Gasteiger partial charge in [0.1, 0.15) is 0 Å². The van der Waals surface area contributed by atoms with E-state index in [9.17, 15) is 52.7 Å². The lowest BCUT2D eigenvalue weighted by molar-refractivity contribution is -0.366. The summed E-state index contributed by atoms with van der Waals surface area (Å²) in [4.78, 5) is 0. The third-order valence-corrected chi connectivity index (χ3v) is 2.65. The van der Waals surface area contributed by atoms with Crippen molar-refractivity contribution in [1.29, 1.82) is 1.34 Å². The molecule has 28 heavy (non-hydrogen) atoms. The van der Waals surface area contributed by atoms with Gasteiger partial charge in [0.15, 0.2) is 0 Å². The zero-order valence-corrected chi connectivity index (χ0v) is 13.7. The first-order chi connectivity index (χ1) is 12.5. The standard InChI is InChI=1S/2C6H6F6O.B2H/c2*1-2-3-4(13,5(7,8)9)6(10,11)12;1-2/h2-3,13H,1H3;2,13H,1,3H2;1H/b3-2+;;/i;;1T. The first-order valence-corrected chi connectivity index (χ1v) is 6.42. The van der Waals surface area contributed by atoms with Gasteiger partial charge in [-0.1, -0.05) is 12.2 Å². The molecule has 16 heteroatoms. The predicted molar refractivity (Wildman–Crippen MR) is 76.7 cm³/mol. The van der Waals surface area contributed by atoms with Gasteiger partial charge >= 0.3 is 24.7 Å². The first-order valence-electron chi connectivity index (χ1n) is 7.00. The average Bonchev–Trinajstić information content (AvgIpc) is 2.44. The summed E-state index contributed by atoms with van der Waals surface area (Å²) in [5.41, 5.74) is -9.45. The molecule has 0 saturated carbocycles. The van der Waals surface area contributed by atoms with Gasteiger partial charge in [-0.25, -0.2) is 0 Å². The summed E-state index contributed by atoms with van der Waals surface area (Å²) in [6, 6.07) is 0. The molecule has 0 bridgehead atoms. The number of halogens is 12. The van der Waals surface area contributed by atoms with E-state index >= 15 is 0 Å². The van der Waals surface area contributed by atoms with Gasteiger partial charge in [-0.2, -0.15) is 52.7 Å². The molecule has 0 aliphatic heterocycles. The van der Waals surface area contributed by atoms with Crippen LogP contribution in [-0.2, 0) is 0 Å². The fourth-order valence-corrected chi connectivity index (χ4v) is 1.19. The minimum atomic E-state index is -5.77. The molecule has 0 fully saturated rings. The molecule has 0 unspecified atom stereocenters. The van der Waals surface area contributed by atoms with Gasteiger partial charge in [-0.15, -0.1) is 6.58 Å². The molecular formula is C12H13B2F12O2. The molecule has 0 heterocycles. The molecule has 2 nitrogen and oxygen atoms in total. The van der Waals surface area contributed by atoms with Gasteiger partial charge in [0, 0.05) is 21.9 Å². The van der Waals surface area contributed by atoms with Crippen LogP contribution in [-0.4, -0.2) is 62.9 Å². The number of aliphatic hydroxyl groups is 2. The summed E-state index contributed by atoms with van der Waals surface area (Å²) in [5, 5.41) is 16.7. The smallest absolute Gasteiger partial charge is 0.373 e. The van der Waals surface area contributed by atoms with Gasteiger partial charge in [0.25, 0.3) is 11.2 Å². The second-order valence-electron chi connectivity index (χ2n) is 4.61. The summed E-state index contributed by atoms with van der Waals surface area (Å²) in [7, 11) is 5.14. The Morgan fingerprint density at radius 3 is 1.21 bits per heavy atom. The van der Waals surface area contributed by atoms with Crippen molar-refractivity contribution in [3.63, 3.8) is 0 Å². The van der Waals surface area contributed by atoms with Crippen LogP contribution < -0.4 is 0 Å². The summed E-state index contributed by atoms with van der Waals surface area (Å²) >= 11 is 0. The van der Waals surface area contributed by atoms with Gasteiger partial charge < -0.3 is 10.2 Å². The second kappa shape index (κ2) is 10.5. The van der Waals surface area contributed by atoms with Crippen molar-refractivity contribution in [3.8, 4) is 0 Å². The van der Waals surface area contributed by atoms with E-state index in [4.69, 9.17) is 11.5 Å². The van der Waals surface area contributed by atoms with Crippen LogP contribution in [0.3, 0.4) is 0 Å². The second-order valence-corrected chi connectivity index (χ2v) is 4.61. The van der Waals surface area contributed by atoms with E-state index in [1.165, 1.54) is 0 Å². The molecule has 0 rings (SSSR count). The molecule has 0 aromatic rings. The maximum absolute atomic E-state index is 11.8. The van der Waals surface area contributed by atoms with Crippen molar-refractivity contribution in [2.45, 2.75) is 49.3 Å². The van der Waals surface area contributed by atoms with E-state index < -0.39 is 42.3 Å². The van der Waals surface area contributed by atoms with Gasteiger partial charge in [-0.3, -0.25) is 0 Å². The van der Waals surface area contributed by atoms with Crippen LogP contribution in [0.4, 0.5) is 52.7 Å². The van der Waals surface area contributed by atoms with E-state index in [0.29, 0.717) is 12.2 Å². The number of alkyl halides is 12. The van der Waals surface area contributed by atoms with Crippen molar-refractivity contribution >= 4 is 15.4 Å². The summed E-state index contributed by atoms with van der Waals surface area (Å²) in [5.74, 6) is 0. The zero-order valence-electron chi connectivity index (χ0n) is 14.7. The topological polar surface area (TPSA) is 40.5 Å². The molecule has 163 valence electrons. The lowest BCUT2D eigenvalue weighted by atomic mass is 9.81. The monoisotopic (exact) mass is 441 g/mol. The minimum absolute atomic E-state index is 0.340. The van der Waals surface area contributed by atoms with Crippen LogP contribution in [0.5, 0.6) is 0 Å². The Hall–Kier alpha value is -1.31. The van der Waals surface area contributed by atoms with E-state index in [0.717, 1.165) is 14.6 Å². The Morgan fingerprint density at radius 2 is 1.14 bits per heavy atom. The maximum Gasteiger partial charge on any atom is 0.429 e. The van der Waals surface area contributed by atoms with Gasteiger partial charge in [0.05, 0.1) is 0 Å².